The number of nitrogens with zero attached hydrogens (tertiary/aromatic N) is 1. The molecule has 1 saturated heterocycles. The summed E-state index contributed by atoms with van der Waals surface area (Å²) in [5, 5.41) is 9.64. The lowest BCUT2D eigenvalue weighted by atomic mass is 9.97. The Morgan fingerprint density at radius 3 is 2.95 bits per heavy atom. The third-order valence-corrected chi connectivity index (χ3v) is 4.52. The van der Waals surface area contributed by atoms with Gasteiger partial charge in [-0.1, -0.05) is 0 Å². The molecule has 1 fully saturated rings. The minimum absolute atomic E-state index is 0.225. The van der Waals surface area contributed by atoms with Crippen LogP contribution in [0.2, 0.25) is 0 Å². The van der Waals surface area contributed by atoms with E-state index in [1.165, 1.54) is 5.01 Å². The highest BCUT2D eigenvalue weighted by atomic mass is 32.1. The van der Waals surface area contributed by atoms with Gasteiger partial charge in [0, 0.05) is 23.5 Å². The summed E-state index contributed by atoms with van der Waals surface area (Å²) >= 11 is 1.73. The average molecular weight is 281 g/mol. The number of thiazole rings is 1. The van der Waals surface area contributed by atoms with E-state index in [0.29, 0.717) is 0 Å². The molecule has 5 heteroatoms. The molecule has 0 atom stereocenters. The zero-order valence-electron chi connectivity index (χ0n) is 11.6. The quantitative estimate of drug-likeness (QED) is 0.783. The molecular formula is C14H23N3OS. The molecule has 0 saturated carbocycles. The normalized spacial score (nSPS) is 16.5. The summed E-state index contributed by atoms with van der Waals surface area (Å²) in [4.78, 5) is 16.3. The van der Waals surface area contributed by atoms with Crippen LogP contribution in [0.15, 0.2) is 5.38 Å². The van der Waals surface area contributed by atoms with Crippen LogP contribution < -0.4 is 10.6 Å². The second-order valence-electron chi connectivity index (χ2n) is 5.16. The van der Waals surface area contributed by atoms with Crippen LogP contribution in [0.4, 0.5) is 0 Å². The van der Waals surface area contributed by atoms with Gasteiger partial charge in [0.25, 0.3) is 0 Å². The zero-order chi connectivity index (χ0) is 13.5. The van der Waals surface area contributed by atoms with Gasteiger partial charge in [0.2, 0.25) is 5.91 Å². The number of carbonyl (C=O) groups is 1. The first-order chi connectivity index (χ1) is 9.25. The van der Waals surface area contributed by atoms with Gasteiger partial charge in [-0.05, 0) is 52.1 Å². The van der Waals surface area contributed by atoms with Crippen molar-refractivity contribution >= 4 is 17.2 Å². The molecule has 1 amide bonds. The molecule has 2 N–H and O–H groups in total. The summed E-state index contributed by atoms with van der Waals surface area (Å²) in [6.07, 6.45) is 5.12. The van der Waals surface area contributed by atoms with E-state index in [9.17, 15) is 4.79 Å². The Kier molecular flexibility index (Phi) is 5.79. The van der Waals surface area contributed by atoms with Crippen molar-refractivity contribution in [1.82, 2.24) is 15.6 Å². The zero-order valence-corrected chi connectivity index (χ0v) is 12.4. The number of aromatic nitrogens is 1. The molecule has 2 heterocycles. The topological polar surface area (TPSA) is 54.0 Å². The van der Waals surface area contributed by atoms with Gasteiger partial charge in [0.05, 0.1) is 5.01 Å². The summed E-state index contributed by atoms with van der Waals surface area (Å²) in [5.41, 5.74) is 1.11. The molecule has 0 radical (unpaired) electrons. The van der Waals surface area contributed by atoms with E-state index < -0.39 is 0 Å². The van der Waals surface area contributed by atoms with Crippen molar-refractivity contribution < 1.29 is 4.79 Å². The van der Waals surface area contributed by atoms with E-state index in [-0.39, 0.29) is 11.8 Å². The Bertz CT molecular complexity index is 399. The number of nitrogens with one attached hydrogen (secondary N) is 2. The predicted molar refractivity (Wildman–Crippen MR) is 78.4 cm³/mol. The summed E-state index contributed by atoms with van der Waals surface area (Å²) in [6.45, 7) is 4.77. The van der Waals surface area contributed by atoms with Crippen molar-refractivity contribution in [2.24, 2.45) is 5.92 Å². The number of amides is 1. The molecule has 19 heavy (non-hydrogen) atoms. The van der Waals surface area contributed by atoms with E-state index in [1.807, 2.05) is 6.92 Å². The Morgan fingerprint density at radius 2 is 2.26 bits per heavy atom. The van der Waals surface area contributed by atoms with Gasteiger partial charge in [-0.15, -0.1) is 11.3 Å². The monoisotopic (exact) mass is 281 g/mol. The predicted octanol–water partition coefficient (Wildman–Crippen LogP) is 1.89. The number of carbonyl (C=O) groups excluding carboxylic acids is 1. The average Bonchev–Trinajstić information content (AvgIpc) is 2.85. The van der Waals surface area contributed by atoms with E-state index in [2.05, 4.69) is 21.0 Å². The minimum Gasteiger partial charge on any atom is -0.356 e. The van der Waals surface area contributed by atoms with Gasteiger partial charge in [-0.3, -0.25) is 4.79 Å². The first kappa shape index (κ1) is 14.5. The molecule has 0 unspecified atom stereocenters. The maximum Gasteiger partial charge on any atom is 0.223 e. The first-order valence-electron chi connectivity index (χ1n) is 7.15. The molecular weight excluding hydrogens is 258 g/mol. The van der Waals surface area contributed by atoms with E-state index in [0.717, 1.165) is 57.4 Å². The van der Waals surface area contributed by atoms with Gasteiger partial charge < -0.3 is 10.6 Å². The molecule has 1 aliphatic rings. The Morgan fingerprint density at radius 1 is 1.47 bits per heavy atom. The lowest BCUT2D eigenvalue weighted by Gasteiger charge is -2.21. The van der Waals surface area contributed by atoms with Crippen LogP contribution >= 0.6 is 11.3 Å². The lowest BCUT2D eigenvalue weighted by Crippen LogP contribution is -2.38. The maximum absolute atomic E-state index is 11.9. The SMILES string of the molecule is Cc1csc(CCCCNC(=O)C2CCNCC2)n1. The third-order valence-electron chi connectivity index (χ3n) is 3.49. The fourth-order valence-electron chi connectivity index (χ4n) is 2.36. The lowest BCUT2D eigenvalue weighted by molar-refractivity contribution is -0.125. The van der Waals surface area contributed by atoms with Gasteiger partial charge in [-0.25, -0.2) is 4.98 Å². The van der Waals surface area contributed by atoms with Crippen molar-refractivity contribution in [3.8, 4) is 0 Å². The molecule has 1 aromatic rings. The number of rotatable bonds is 6. The van der Waals surface area contributed by atoms with Crippen LogP contribution in [-0.2, 0) is 11.2 Å². The number of hydrogen-bond donors (Lipinski definition) is 2. The fourth-order valence-corrected chi connectivity index (χ4v) is 3.18. The molecule has 1 aliphatic heterocycles. The van der Waals surface area contributed by atoms with Crippen molar-refractivity contribution in [3.05, 3.63) is 16.1 Å². The van der Waals surface area contributed by atoms with Gasteiger partial charge in [0.1, 0.15) is 0 Å². The molecule has 106 valence electrons. The number of piperidine rings is 1. The second kappa shape index (κ2) is 7.60. The molecule has 0 spiro atoms. The van der Waals surface area contributed by atoms with Crippen LogP contribution in [0.25, 0.3) is 0 Å². The van der Waals surface area contributed by atoms with E-state index in [4.69, 9.17) is 0 Å². The van der Waals surface area contributed by atoms with E-state index in [1.54, 1.807) is 11.3 Å². The van der Waals surface area contributed by atoms with Crippen molar-refractivity contribution in [1.29, 1.82) is 0 Å². The van der Waals surface area contributed by atoms with Gasteiger partial charge >= 0.3 is 0 Å². The summed E-state index contributed by atoms with van der Waals surface area (Å²) in [5.74, 6) is 0.467. The molecule has 0 aromatic carbocycles. The van der Waals surface area contributed by atoms with Crippen LogP contribution in [0, 0.1) is 12.8 Å². The number of unbranched alkanes of at least 4 members (excludes halogenated alkanes) is 1. The van der Waals surface area contributed by atoms with Crippen molar-refractivity contribution in [2.75, 3.05) is 19.6 Å². The fraction of sp³-hybridized carbons (Fsp3) is 0.714. The minimum atomic E-state index is 0.225. The Hall–Kier alpha value is -0.940. The molecule has 4 nitrogen and oxygen atoms in total. The highest BCUT2D eigenvalue weighted by molar-refractivity contribution is 7.09. The first-order valence-corrected chi connectivity index (χ1v) is 8.03. The third kappa shape index (κ3) is 4.91. The smallest absolute Gasteiger partial charge is 0.223 e. The molecule has 0 aliphatic carbocycles. The van der Waals surface area contributed by atoms with Gasteiger partial charge in [-0.2, -0.15) is 0 Å². The molecule has 0 bridgehead atoms. The van der Waals surface area contributed by atoms with Crippen molar-refractivity contribution in [2.45, 2.75) is 39.0 Å². The Balaban J connectivity index is 1.55. The Labute approximate surface area is 119 Å². The highest BCUT2D eigenvalue weighted by Crippen LogP contribution is 2.12. The number of aryl methyl sites for hydroxylation is 2. The summed E-state index contributed by atoms with van der Waals surface area (Å²) in [7, 11) is 0. The van der Waals surface area contributed by atoms with Crippen LogP contribution in [0.3, 0.4) is 0 Å². The van der Waals surface area contributed by atoms with Gasteiger partial charge in [0.15, 0.2) is 0 Å². The maximum atomic E-state index is 11.9. The molecule has 2 rings (SSSR count). The highest BCUT2D eigenvalue weighted by Gasteiger charge is 2.19. The number of hydrogen-bond acceptors (Lipinski definition) is 4. The molecule has 1 aromatic heterocycles. The second-order valence-corrected chi connectivity index (χ2v) is 6.10. The standard InChI is InChI=1S/C14H23N3OS/c1-11-10-19-13(17-11)4-2-3-7-16-14(18)12-5-8-15-9-6-12/h10,12,15H,2-9H2,1H3,(H,16,18). The van der Waals surface area contributed by atoms with Crippen LogP contribution in [-0.4, -0.2) is 30.5 Å². The van der Waals surface area contributed by atoms with Crippen molar-refractivity contribution in [3.63, 3.8) is 0 Å². The van der Waals surface area contributed by atoms with Crippen LogP contribution in [0.1, 0.15) is 36.4 Å². The van der Waals surface area contributed by atoms with Crippen LogP contribution in [0.5, 0.6) is 0 Å². The largest absolute Gasteiger partial charge is 0.356 e. The van der Waals surface area contributed by atoms with E-state index >= 15 is 0 Å². The summed E-state index contributed by atoms with van der Waals surface area (Å²) < 4.78 is 0. The summed E-state index contributed by atoms with van der Waals surface area (Å²) in [6, 6.07) is 0.